The van der Waals surface area contributed by atoms with Crippen molar-refractivity contribution in [3.63, 3.8) is 0 Å². The van der Waals surface area contributed by atoms with E-state index in [9.17, 15) is 5.11 Å². The third-order valence-electron chi connectivity index (χ3n) is 4.41. The van der Waals surface area contributed by atoms with Crippen LogP contribution in [-0.4, -0.2) is 42.8 Å². The fourth-order valence-electron chi connectivity index (χ4n) is 3.21. The third-order valence-corrected chi connectivity index (χ3v) is 4.41. The molecule has 4 heteroatoms. The normalized spacial score (nSPS) is 20.5. The number of rotatable bonds is 6. The zero-order valence-electron chi connectivity index (χ0n) is 13.4. The predicted octanol–water partition coefficient (Wildman–Crippen LogP) is 2.93. The maximum atomic E-state index is 9.76. The van der Waals surface area contributed by atoms with Gasteiger partial charge in [0, 0.05) is 18.6 Å². The quantitative estimate of drug-likeness (QED) is 0.846. The second-order valence-corrected chi connectivity index (χ2v) is 5.85. The Bertz CT molecular complexity index is 444. The van der Waals surface area contributed by atoms with E-state index in [-0.39, 0.29) is 5.75 Å². The molecule has 0 bridgehead atoms. The van der Waals surface area contributed by atoms with Gasteiger partial charge in [0.05, 0.1) is 7.11 Å². The Labute approximate surface area is 128 Å². The summed E-state index contributed by atoms with van der Waals surface area (Å²) < 4.78 is 5.24. The van der Waals surface area contributed by atoms with Crippen LogP contribution in [-0.2, 0) is 0 Å². The summed E-state index contributed by atoms with van der Waals surface area (Å²) in [5.74, 6) is 0.757. The number of phenolic OH excluding ortho intramolecular Hbond substituents is 1. The molecule has 2 N–H and O–H groups in total. The zero-order valence-corrected chi connectivity index (χ0v) is 13.4. The van der Waals surface area contributed by atoms with Crippen molar-refractivity contribution in [1.82, 2.24) is 10.2 Å². The number of ether oxygens (including phenoxy) is 1. The molecule has 0 aliphatic carbocycles. The van der Waals surface area contributed by atoms with Crippen molar-refractivity contribution in [2.45, 2.75) is 45.2 Å². The predicted molar refractivity (Wildman–Crippen MR) is 86.0 cm³/mol. The molecule has 0 radical (unpaired) electrons. The van der Waals surface area contributed by atoms with Gasteiger partial charge >= 0.3 is 0 Å². The van der Waals surface area contributed by atoms with E-state index in [1.54, 1.807) is 13.2 Å². The average molecular weight is 292 g/mol. The molecular formula is C17H28N2O2. The molecule has 1 fully saturated rings. The van der Waals surface area contributed by atoms with E-state index in [0.717, 1.165) is 26.1 Å². The Morgan fingerprint density at radius 1 is 1.48 bits per heavy atom. The van der Waals surface area contributed by atoms with Crippen LogP contribution in [0.3, 0.4) is 0 Å². The van der Waals surface area contributed by atoms with E-state index in [0.29, 0.717) is 17.8 Å². The molecule has 0 aromatic heterocycles. The molecule has 21 heavy (non-hydrogen) atoms. The Kier molecular flexibility index (Phi) is 5.88. The first kappa shape index (κ1) is 16.1. The Morgan fingerprint density at radius 2 is 2.29 bits per heavy atom. The molecule has 1 heterocycles. The van der Waals surface area contributed by atoms with Crippen LogP contribution in [0.4, 0.5) is 0 Å². The van der Waals surface area contributed by atoms with Crippen molar-refractivity contribution in [3.05, 3.63) is 23.8 Å². The number of aromatic hydroxyl groups is 1. The summed E-state index contributed by atoms with van der Waals surface area (Å²) in [5, 5.41) is 13.3. The van der Waals surface area contributed by atoms with Crippen LogP contribution in [0.2, 0.25) is 0 Å². The van der Waals surface area contributed by atoms with E-state index in [4.69, 9.17) is 4.74 Å². The molecule has 4 nitrogen and oxygen atoms in total. The summed E-state index contributed by atoms with van der Waals surface area (Å²) in [4.78, 5) is 2.58. The molecule has 1 aliphatic rings. The van der Waals surface area contributed by atoms with Gasteiger partial charge in [-0.05, 0) is 57.0 Å². The molecule has 1 saturated heterocycles. The maximum Gasteiger partial charge on any atom is 0.160 e. The number of hydrogen-bond acceptors (Lipinski definition) is 4. The number of nitrogens with zero attached hydrogens (tertiary/aromatic N) is 1. The smallest absolute Gasteiger partial charge is 0.160 e. The zero-order chi connectivity index (χ0) is 15.2. The average Bonchev–Trinajstić information content (AvgIpc) is 2.53. The minimum atomic E-state index is 0.204. The van der Waals surface area contributed by atoms with Crippen LogP contribution >= 0.6 is 0 Å². The van der Waals surface area contributed by atoms with Gasteiger partial charge in [0.2, 0.25) is 0 Å². The van der Waals surface area contributed by atoms with Gasteiger partial charge in [-0.2, -0.15) is 0 Å². The van der Waals surface area contributed by atoms with Crippen molar-refractivity contribution in [2.24, 2.45) is 0 Å². The summed E-state index contributed by atoms with van der Waals surface area (Å²) >= 11 is 0. The largest absolute Gasteiger partial charge is 0.504 e. The fourth-order valence-corrected chi connectivity index (χ4v) is 3.21. The molecule has 1 aromatic rings. The minimum absolute atomic E-state index is 0.204. The molecule has 0 amide bonds. The topological polar surface area (TPSA) is 44.7 Å². The van der Waals surface area contributed by atoms with Gasteiger partial charge in [-0.1, -0.05) is 13.0 Å². The second kappa shape index (κ2) is 7.66. The van der Waals surface area contributed by atoms with Crippen LogP contribution < -0.4 is 10.1 Å². The lowest BCUT2D eigenvalue weighted by Crippen LogP contribution is -2.47. The van der Waals surface area contributed by atoms with Crippen molar-refractivity contribution in [1.29, 1.82) is 0 Å². The molecule has 2 rings (SSSR count). The summed E-state index contributed by atoms with van der Waals surface area (Å²) in [7, 11) is 1.60. The first-order chi connectivity index (χ1) is 10.2. The number of benzene rings is 1. The van der Waals surface area contributed by atoms with Gasteiger partial charge in [-0.15, -0.1) is 0 Å². The SMILES string of the molecule is CCCN(C1CCCNC1)C(C)c1ccc(O)c(OC)c1. The van der Waals surface area contributed by atoms with Gasteiger partial charge in [-0.25, -0.2) is 0 Å². The molecule has 2 unspecified atom stereocenters. The third kappa shape index (κ3) is 3.89. The monoisotopic (exact) mass is 292 g/mol. The van der Waals surface area contributed by atoms with Crippen molar-refractivity contribution in [2.75, 3.05) is 26.7 Å². The van der Waals surface area contributed by atoms with E-state index in [1.165, 1.54) is 18.4 Å². The number of methoxy groups -OCH3 is 1. The van der Waals surface area contributed by atoms with Crippen LogP contribution in [0.1, 0.15) is 44.7 Å². The minimum Gasteiger partial charge on any atom is -0.504 e. The Hall–Kier alpha value is -1.26. The van der Waals surface area contributed by atoms with E-state index >= 15 is 0 Å². The highest BCUT2D eigenvalue weighted by molar-refractivity contribution is 5.42. The standard InChI is InChI=1S/C17H28N2O2/c1-4-10-19(15-6-5-9-18-12-15)13(2)14-7-8-16(20)17(11-14)21-3/h7-8,11,13,15,18,20H,4-6,9-10,12H2,1-3H3. The van der Waals surface area contributed by atoms with Gasteiger partial charge in [0.25, 0.3) is 0 Å². The van der Waals surface area contributed by atoms with Crippen LogP contribution in [0.5, 0.6) is 11.5 Å². The number of phenols is 1. The van der Waals surface area contributed by atoms with Gasteiger partial charge in [0.1, 0.15) is 0 Å². The lowest BCUT2D eigenvalue weighted by Gasteiger charge is -2.39. The fraction of sp³-hybridized carbons (Fsp3) is 0.647. The number of hydrogen-bond donors (Lipinski definition) is 2. The Balaban J connectivity index is 2.18. The summed E-state index contributed by atoms with van der Waals surface area (Å²) in [6.07, 6.45) is 3.65. The lowest BCUT2D eigenvalue weighted by atomic mass is 9.99. The van der Waals surface area contributed by atoms with E-state index in [2.05, 4.69) is 24.1 Å². The first-order valence-corrected chi connectivity index (χ1v) is 8.00. The molecular weight excluding hydrogens is 264 g/mol. The molecule has 0 spiro atoms. The van der Waals surface area contributed by atoms with E-state index in [1.807, 2.05) is 12.1 Å². The molecule has 2 atom stereocenters. The second-order valence-electron chi connectivity index (χ2n) is 5.85. The maximum absolute atomic E-state index is 9.76. The summed E-state index contributed by atoms with van der Waals surface area (Å²) in [6.45, 7) is 7.78. The van der Waals surface area contributed by atoms with Gasteiger partial charge in [0.15, 0.2) is 11.5 Å². The van der Waals surface area contributed by atoms with Crippen molar-refractivity contribution < 1.29 is 9.84 Å². The molecule has 118 valence electrons. The van der Waals surface area contributed by atoms with Crippen molar-refractivity contribution >= 4 is 0 Å². The van der Waals surface area contributed by atoms with Crippen molar-refractivity contribution in [3.8, 4) is 11.5 Å². The highest BCUT2D eigenvalue weighted by atomic mass is 16.5. The van der Waals surface area contributed by atoms with Crippen LogP contribution in [0.15, 0.2) is 18.2 Å². The summed E-state index contributed by atoms with van der Waals surface area (Å²) in [6, 6.07) is 6.60. The highest BCUT2D eigenvalue weighted by Gasteiger charge is 2.25. The van der Waals surface area contributed by atoms with Gasteiger partial charge < -0.3 is 15.2 Å². The Morgan fingerprint density at radius 3 is 2.90 bits per heavy atom. The number of piperidine rings is 1. The lowest BCUT2D eigenvalue weighted by molar-refractivity contribution is 0.120. The summed E-state index contributed by atoms with van der Waals surface area (Å²) in [5.41, 5.74) is 1.20. The highest BCUT2D eigenvalue weighted by Crippen LogP contribution is 2.32. The molecule has 0 saturated carbocycles. The first-order valence-electron chi connectivity index (χ1n) is 8.00. The number of nitrogens with one attached hydrogen (secondary N) is 1. The van der Waals surface area contributed by atoms with Gasteiger partial charge in [-0.3, -0.25) is 4.90 Å². The van der Waals surface area contributed by atoms with E-state index < -0.39 is 0 Å². The van der Waals surface area contributed by atoms with Crippen LogP contribution in [0.25, 0.3) is 0 Å². The molecule has 1 aliphatic heterocycles. The molecule has 1 aromatic carbocycles. The van der Waals surface area contributed by atoms with Crippen LogP contribution in [0, 0.1) is 0 Å².